The van der Waals surface area contributed by atoms with Crippen molar-refractivity contribution >= 4 is 27.7 Å². The molecule has 4 heteroatoms. The van der Waals surface area contributed by atoms with E-state index in [1.54, 1.807) is 11.8 Å². The average Bonchev–Trinajstić information content (AvgIpc) is 3.13. The second kappa shape index (κ2) is 6.66. The molecule has 0 aliphatic heterocycles. The van der Waals surface area contributed by atoms with Crippen LogP contribution in [0.15, 0.2) is 22.7 Å². The van der Waals surface area contributed by atoms with Crippen molar-refractivity contribution in [3.05, 3.63) is 28.2 Å². The average molecular weight is 316 g/mol. The molecular weight excluding hydrogens is 298 g/mol. The summed E-state index contributed by atoms with van der Waals surface area (Å²) in [5.74, 6) is 1.96. The quantitative estimate of drug-likeness (QED) is 0.779. The molecule has 1 N–H and O–H groups in total. The van der Waals surface area contributed by atoms with Crippen LogP contribution in [0.4, 0.5) is 0 Å². The zero-order valence-corrected chi connectivity index (χ0v) is 12.4. The van der Waals surface area contributed by atoms with E-state index in [0.717, 1.165) is 35.2 Å². The minimum absolute atomic E-state index is 0.756. The lowest BCUT2D eigenvalue weighted by Crippen LogP contribution is -2.15. The van der Waals surface area contributed by atoms with Crippen LogP contribution in [0.5, 0.6) is 5.75 Å². The minimum Gasteiger partial charge on any atom is -0.492 e. The lowest BCUT2D eigenvalue weighted by Gasteiger charge is -2.09. The molecule has 2 nitrogen and oxygen atoms in total. The lowest BCUT2D eigenvalue weighted by atomic mass is 10.2. The van der Waals surface area contributed by atoms with Crippen LogP contribution in [0.1, 0.15) is 18.4 Å². The maximum Gasteiger partial charge on any atom is 0.133 e. The molecule has 94 valence electrons. The topological polar surface area (TPSA) is 21.3 Å². The Labute approximate surface area is 116 Å². The van der Waals surface area contributed by atoms with Crippen LogP contribution in [0.25, 0.3) is 0 Å². The molecule has 0 saturated heterocycles. The maximum absolute atomic E-state index is 5.68. The number of thioether (sulfide) groups is 1. The molecule has 0 bridgehead atoms. The zero-order chi connectivity index (χ0) is 12.1. The lowest BCUT2D eigenvalue weighted by molar-refractivity contribution is 0.342. The zero-order valence-electron chi connectivity index (χ0n) is 10.0. The van der Waals surface area contributed by atoms with Crippen molar-refractivity contribution in [2.45, 2.75) is 25.4 Å². The standard InChI is InChI=1S/C13H18BrNOS/c1-17-7-6-16-13-5-2-10(8-12(13)14)9-15-11-3-4-11/h2,5,8,11,15H,3-4,6-7,9H2,1H3. The summed E-state index contributed by atoms with van der Waals surface area (Å²) in [6.45, 7) is 1.72. The number of hydrogen-bond acceptors (Lipinski definition) is 3. The van der Waals surface area contributed by atoms with E-state index >= 15 is 0 Å². The first-order valence-electron chi connectivity index (χ1n) is 5.93. The minimum atomic E-state index is 0.756. The van der Waals surface area contributed by atoms with Crippen molar-refractivity contribution in [2.75, 3.05) is 18.6 Å². The van der Waals surface area contributed by atoms with E-state index in [1.807, 2.05) is 6.07 Å². The SMILES string of the molecule is CSCCOc1ccc(CNC2CC2)cc1Br. The van der Waals surface area contributed by atoms with Crippen LogP contribution in [0, 0.1) is 0 Å². The smallest absolute Gasteiger partial charge is 0.133 e. The summed E-state index contributed by atoms with van der Waals surface area (Å²) in [6.07, 6.45) is 4.75. The van der Waals surface area contributed by atoms with Gasteiger partial charge in [0.05, 0.1) is 11.1 Å². The number of benzene rings is 1. The number of hydrogen-bond donors (Lipinski definition) is 1. The third-order valence-electron chi connectivity index (χ3n) is 2.71. The summed E-state index contributed by atoms with van der Waals surface area (Å²) in [6, 6.07) is 7.08. The van der Waals surface area contributed by atoms with Crippen LogP contribution in [0.3, 0.4) is 0 Å². The number of nitrogens with one attached hydrogen (secondary N) is 1. The van der Waals surface area contributed by atoms with Gasteiger partial charge in [-0.05, 0) is 52.7 Å². The number of rotatable bonds is 7. The van der Waals surface area contributed by atoms with Crippen LogP contribution in [-0.2, 0) is 6.54 Å². The van der Waals surface area contributed by atoms with Gasteiger partial charge >= 0.3 is 0 Å². The molecule has 0 aromatic heterocycles. The number of ether oxygens (including phenoxy) is 1. The van der Waals surface area contributed by atoms with Crippen LogP contribution in [-0.4, -0.2) is 24.7 Å². The highest BCUT2D eigenvalue weighted by Crippen LogP contribution is 2.27. The molecule has 0 spiro atoms. The van der Waals surface area contributed by atoms with Gasteiger partial charge in [0, 0.05) is 18.3 Å². The Morgan fingerprint density at radius 1 is 1.47 bits per heavy atom. The summed E-state index contributed by atoms with van der Waals surface area (Å²) >= 11 is 5.36. The van der Waals surface area contributed by atoms with Crippen molar-refractivity contribution < 1.29 is 4.74 Å². The largest absolute Gasteiger partial charge is 0.492 e. The maximum atomic E-state index is 5.68. The highest BCUT2D eigenvalue weighted by atomic mass is 79.9. The Bertz CT molecular complexity index is 368. The van der Waals surface area contributed by atoms with E-state index < -0.39 is 0 Å². The van der Waals surface area contributed by atoms with E-state index in [-0.39, 0.29) is 0 Å². The molecule has 1 aliphatic rings. The van der Waals surface area contributed by atoms with Gasteiger partial charge in [-0.3, -0.25) is 0 Å². The molecular formula is C13H18BrNOS. The molecule has 0 amide bonds. The molecule has 0 radical (unpaired) electrons. The fourth-order valence-electron chi connectivity index (χ4n) is 1.56. The van der Waals surface area contributed by atoms with Gasteiger partial charge in [0.2, 0.25) is 0 Å². The molecule has 0 atom stereocenters. The van der Waals surface area contributed by atoms with Gasteiger partial charge in [0.25, 0.3) is 0 Å². The molecule has 17 heavy (non-hydrogen) atoms. The Morgan fingerprint density at radius 2 is 2.29 bits per heavy atom. The Balaban J connectivity index is 1.85. The summed E-state index contributed by atoms with van der Waals surface area (Å²) < 4.78 is 6.73. The molecule has 1 aromatic carbocycles. The van der Waals surface area contributed by atoms with E-state index in [9.17, 15) is 0 Å². The normalized spacial score (nSPS) is 14.9. The summed E-state index contributed by atoms with van der Waals surface area (Å²) in [7, 11) is 0. The first-order valence-corrected chi connectivity index (χ1v) is 8.12. The van der Waals surface area contributed by atoms with E-state index in [2.05, 4.69) is 39.6 Å². The predicted octanol–water partition coefficient (Wildman–Crippen LogP) is 3.44. The third-order valence-corrected chi connectivity index (χ3v) is 3.91. The highest BCUT2D eigenvalue weighted by molar-refractivity contribution is 9.10. The summed E-state index contributed by atoms with van der Waals surface area (Å²) in [5.41, 5.74) is 1.31. The van der Waals surface area contributed by atoms with Gasteiger partial charge in [0.15, 0.2) is 0 Å². The van der Waals surface area contributed by atoms with E-state index in [1.165, 1.54) is 18.4 Å². The monoisotopic (exact) mass is 315 g/mol. The first-order chi connectivity index (χ1) is 8.29. The predicted molar refractivity (Wildman–Crippen MR) is 77.9 cm³/mol. The number of halogens is 1. The van der Waals surface area contributed by atoms with Crippen molar-refractivity contribution in [1.82, 2.24) is 5.32 Å². The second-order valence-electron chi connectivity index (χ2n) is 4.26. The second-order valence-corrected chi connectivity index (χ2v) is 6.10. The van der Waals surface area contributed by atoms with E-state index in [4.69, 9.17) is 4.74 Å². The summed E-state index contributed by atoms with van der Waals surface area (Å²) in [5, 5.41) is 3.51. The van der Waals surface area contributed by atoms with Crippen molar-refractivity contribution in [3.63, 3.8) is 0 Å². The Morgan fingerprint density at radius 3 is 2.94 bits per heavy atom. The molecule has 2 rings (SSSR count). The molecule has 1 aliphatic carbocycles. The van der Waals surface area contributed by atoms with Gasteiger partial charge in [0.1, 0.15) is 5.75 Å². The van der Waals surface area contributed by atoms with Gasteiger partial charge in [-0.1, -0.05) is 6.07 Å². The molecule has 1 aromatic rings. The third kappa shape index (κ3) is 4.53. The Kier molecular flexibility index (Phi) is 5.19. The summed E-state index contributed by atoms with van der Waals surface area (Å²) in [4.78, 5) is 0. The van der Waals surface area contributed by atoms with Crippen LogP contribution >= 0.6 is 27.7 Å². The van der Waals surface area contributed by atoms with Gasteiger partial charge in [-0.2, -0.15) is 11.8 Å². The van der Waals surface area contributed by atoms with Gasteiger partial charge < -0.3 is 10.1 Å². The first kappa shape index (κ1) is 13.2. The molecule has 1 saturated carbocycles. The van der Waals surface area contributed by atoms with E-state index in [0.29, 0.717) is 0 Å². The fourth-order valence-corrected chi connectivity index (χ4v) is 2.35. The highest BCUT2D eigenvalue weighted by Gasteiger charge is 2.19. The van der Waals surface area contributed by atoms with Crippen molar-refractivity contribution in [2.24, 2.45) is 0 Å². The molecule has 1 fully saturated rings. The fraction of sp³-hybridized carbons (Fsp3) is 0.538. The van der Waals surface area contributed by atoms with Crippen molar-refractivity contribution in [1.29, 1.82) is 0 Å². The van der Waals surface area contributed by atoms with Crippen LogP contribution < -0.4 is 10.1 Å². The molecule has 0 heterocycles. The van der Waals surface area contributed by atoms with Crippen molar-refractivity contribution in [3.8, 4) is 5.75 Å². The van der Waals surface area contributed by atoms with Gasteiger partial charge in [-0.15, -0.1) is 0 Å². The van der Waals surface area contributed by atoms with Crippen LogP contribution in [0.2, 0.25) is 0 Å². The van der Waals surface area contributed by atoms with Gasteiger partial charge in [-0.25, -0.2) is 0 Å². The molecule has 0 unspecified atom stereocenters. The Hall–Kier alpha value is -0.190.